The molecule has 2 heterocycles. The standard InChI is InChI=1S/C24H25N3O3/c1-16-13-19-5-3-4-6-21(19)27(16)15-22-20(11-12-30-22)24(29)26-14-17-7-9-18(10-8-17)23(28)25-2/h3-12,16H,13-15H2,1-2H3,(H,25,28)(H,26,29). The van der Waals surface area contributed by atoms with E-state index in [4.69, 9.17) is 4.42 Å². The van der Waals surface area contributed by atoms with Crippen molar-refractivity contribution in [2.24, 2.45) is 0 Å². The number of hydrogen-bond acceptors (Lipinski definition) is 4. The van der Waals surface area contributed by atoms with E-state index in [1.54, 1.807) is 31.5 Å². The Morgan fingerprint density at radius 3 is 2.60 bits per heavy atom. The number of carbonyl (C=O) groups is 2. The van der Waals surface area contributed by atoms with Gasteiger partial charge in [-0.25, -0.2) is 0 Å². The second kappa shape index (κ2) is 8.45. The Hall–Kier alpha value is -3.54. The van der Waals surface area contributed by atoms with Crippen molar-refractivity contribution in [3.05, 3.63) is 88.9 Å². The van der Waals surface area contributed by atoms with E-state index in [1.807, 2.05) is 18.2 Å². The fraction of sp³-hybridized carbons (Fsp3) is 0.250. The van der Waals surface area contributed by atoms with E-state index in [-0.39, 0.29) is 11.8 Å². The largest absolute Gasteiger partial charge is 0.467 e. The Balaban J connectivity index is 1.42. The molecule has 2 aromatic carbocycles. The lowest BCUT2D eigenvalue weighted by Crippen LogP contribution is -2.30. The highest BCUT2D eigenvalue weighted by atomic mass is 16.3. The highest BCUT2D eigenvalue weighted by Crippen LogP contribution is 2.33. The van der Waals surface area contributed by atoms with Crippen molar-refractivity contribution >= 4 is 17.5 Å². The van der Waals surface area contributed by atoms with Crippen LogP contribution in [0, 0.1) is 0 Å². The average molecular weight is 403 g/mol. The van der Waals surface area contributed by atoms with Crippen LogP contribution in [0.15, 0.2) is 65.3 Å². The van der Waals surface area contributed by atoms with Crippen LogP contribution in [0.2, 0.25) is 0 Å². The summed E-state index contributed by atoms with van der Waals surface area (Å²) in [4.78, 5) is 26.7. The van der Waals surface area contributed by atoms with Crippen LogP contribution in [0.3, 0.4) is 0 Å². The number of nitrogens with zero attached hydrogens (tertiary/aromatic N) is 1. The van der Waals surface area contributed by atoms with Crippen LogP contribution in [-0.2, 0) is 19.5 Å². The summed E-state index contributed by atoms with van der Waals surface area (Å²) in [6.45, 7) is 3.11. The molecular formula is C24H25N3O3. The minimum atomic E-state index is -0.172. The molecule has 2 amide bonds. The molecule has 6 nitrogen and oxygen atoms in total. The first-order valence-corrected chi connectivity index (χ1v) is 10.1. The van der Waals surface area contributed by atoms with Gasteiger partial charge in [-0.05, 0) is 48.7 Å². The zero-order valence-electron chi connectivity index (χ0n) is 17.1. The van der Waals surface area contributed by atoms with Crippen molar-refractivity contribution in [3.8, 4) is 0 Å². The molecule has 0 fully saturated rings. The molecule has 154 valence electrons. The number of nitrogens with one attached hydrogen (secondary N) is 2. The summed E-state index contributed by atoms with van der Waals surface area (Å²) in [5, 5.41) is 5.53. The van der Waals surface area contributed by atoms with E-state index in [0.29, 0.717) is 36.0 Å². The Morgan fingerprint density at radius 1 is 1.07 bits per heavy atom. The van der Waals surface area contributed by atoms with Crippen LogP contribution in [0.1, 0.15) is 44.5 Å². The van der Waals surface area contributed by atoms with Crippen LogP contribution < -0.4 is 15.5 Å². The van der Waals surface area contributed by atoms with Crippen molar-refractivity contribution in [2.45, 2.75) is 32.5 Å². The van der Waals surface area contributed by atoms with Gasteiger partial charge < -0.3 is 20.0 Å². The fourth-order valence-corrected chi connectivity index (χ4v) is 3.89. The molecule has 1 aliphatic heterocycles. The third-order valence-electron chi connectivity index (χ3n) is 5.55. The third-order valence-corrected chi connectivity index (χ3v) is 5.55. The summed E-state index contributed by atoms with van der Waals surface area (Å²) in [6, 6.07) is 17.6. The maximum atomic E-state index is 12.8. The van der Waals surface area contributed by atoms with E-state index in [9.17, 15) is 9.59 Å². The van der Waals surface area contributed by atoms with Crippen molar-refractivity contribution in [1.82, 2.24) is 10.6 Å². The summed E-state index contributed by atoms with van der Waals surface area (Å²) in [5.41, 5.74) is 4.58. The van der Waals surface area contributed by atoms with Gasteiger partial charge in [0.15, 0.2) is 0 Å². The summed E-state index contributed by atoms with van der Waals surface area (Å²) in [6.07, 6.45) is 2.56. The number of amides is 2. The fourth-order valence-electron chi connectivity index (χ4n) is 3.89. The second-order valence-corrected chi connectivity index (χ2v) is 7.53. The molecule has 1 aromatic heterocycles. The molecule has 0 aliphatic carbocycles. The monoisotopic (exact) mass is 403 g/mol. The zero-order valence-corrected chi connectivity index (χ0v) is 17.1. The minimum absolute atomic E-state index is 0.133. The number of hydrogen-bond donors (Lipinski definition) is 2. The molecule has 1 aliphatic rings. The van der Waals surface area contributed by atoms with E-state index >= 15 is 0 Å². The molecule has 3 aromatic rings. The molecule has 30 heavy (non-hydrogen) atoms. The van der Waals surface area contributed by atoms with Gasteiger partial charge in [0.1, 0.15) is 5.76 Å². The number of furan rings is 1. The molecule has 6 heteroatoms. The van der Waals surface area contributed by atoms with Crippen molar-refractivity contribution < 1.29 is 14.0 Å². The van der Waals surface area contributed by atoms with Gasteiger partial charge in [0, 0.05) is 30.9 Å². The number of para-hydroxylation sites is 1. The van der Waals surface area contributed by atoms with Gasteiger partial charge in [-0.1, -0.05) is 30.3 Å². The number of fused-ring (bicyclic) bond motifs is 1. The molecule has 0 spiro atoms. The van der Waals surface area contributed by atoms with Gasteiger partial charge in [0.05, 0.1) is 18.4 Å². The van der Waals surface area contributed by atoms with Gasteiger partial charge in [0.25, 0.3) is 11.8 Å². The van der Waals surface area contributed by atoms with E-state index in [0.717, 1.165) is 12.0 Å². The SMILES string of the molecule is CNC(=O)c1ccc(CNC(=O)c2ccoc2CN2c3ccccc3CC2C)cc1. The molecule has 0 radical (unpaired) electrons. The smallest absolute Gasteiger partial charge is 0.255 e. The predicted octanol–water partition coefficient (Wildman–Crippen LogP) is 3.52. The topological polar surface area (TPSA) is 74.6 Å². The Kier molecular flexibility index (Phi) is 5.57. The van der Waals surface area contributed by atoms with Crippen molar-refractivity contribution in [2.75, 3.05) is 11.9 Å². The molecule has 0 saturated carbocycles. The van der Waals surface area contributed by atoms with Crippen LogP contribution in [-0.4, -0.2) is 24.9 Å². The molecule has 0 bridgehead atoms. The molecule has 1 unspecified atom stereocenters. The molecule has 0 saturated heterocycles. The molecule has 1 atom stereocenters. The molecule has 4 rings (SSSR count). The van der Waals surface area contributed by atoms with Crippen LogP contribution in [0.4, 0.5) is 5.69 Å². The lowest BCUT2D eigenvalue weighted by molar-refractivity contribution is 0.0944. The van der Waals surface area contributed by atoms with Gasteiger partial charge >= 0.3 is 0 Å². The summed E-state index contributed by atoms with van der Waals surface area (Å²) in [5.74, 6) is 0.353. The number of rotatable bonds is 6. The highest BCUT2D eigenvalue weighted by molar-refractivity contribution is 5.95. The molecule has 2 N–H and O–H groups in total. The Morgan fingerprint density at radius 2 is 1.83 bits per heavy atom. The third kappa shape index (κ3) is 3.94. The molecular weight excluding hydrogens is 378 g/mol. The van der Waals surface area contributed by atoms with Gasteiger partial charge in [-0.15, -0.1) is 0 Å². The Bertz CT molecular complexity index is 1060. The van der Waals surface area contributed by atoms with Crippen LogP contribution >= 0.6 is 0 Å². The Labute approximate surface area is 175 Å². The summed E-state index contributed by atoms with van der Waals surface area (Å²) < 4.78 is 5.67. The first-order chi connectivity index (χ1) is 14.6. The summed E-state index contributed by atoms with van der Waals surface area (Å²) in [7, 11) is 1.60. The lowest BCUT2D eigenvalue weighted by atomic mass is 10.1. The second-order valence-electron chi connectivity index (χ2n) is 7.53. The first-order valence-electron chi connectivity index (χ1n) is 10.1. The quantitative estimate of drug-likeness (QED) is 0.660. The van der Waals surface area contributed by atoms with Gasteiger partial charge in [-0.2, -0.15) is 0 Å². The lowest BCUT2D eigenvalue weighted by Gasteiger charge is -2.24. The van der Waals surface area contributed by atoms with Crippen molar-refractivity contribution in [1.29, 1.82) is 0 Å². The van der Waals surface area contributed by atoms with Crippen LogP contribution in [0.5, 0.6) is 0 Å². The zero-order chi connectivity index (χ0) is 21.1. The average Bonchev–Trinajstić information content (AvgIpc) is 3.36. The number of benzene rings is 2. The minimum Gasteiger partial charge on any atom is -0.467 e. The van der Waals surface area contributed by atoms with Crippen LogP contribution in [0.25, 0.3) is 0 Å². The van der Waals surface area contributed by atoms with E-state index < -0.39 is 0 Å². The predicted molar refractivity (Wildman–Crippen MR) is 116 cm³/mol. The van der Waals surface area contributed by atoms with Gasteiger partial charge in [0.2, 0.25) is 0 Å². The van der Waals surface area contributed by atoms with E-state index in [2.05, 4.69) is 40.7 Å². The first kappa shape index (κ1) is 19.8. The maximum absolute atomic E-state index is 12.8. The summed E-state index contributed by atoms with van der Waals surface area (Å²) >= 11 is 0. The number of anilines is 1. The number of carbonyl (C=O) groups excluding carboxylic acids is 2. The maximum Gasteiger partial charge on any atom is 0.255 e. The van der Waals surface area contributed by atoms with Crippen molar-refractivity contribution in [3.63, 3.8) is 0 Å². The highest BCUT2D eigenvalue weighted by Gasteiger charge is 2.27. The van der Waals surface area contributed by atoms with Gasteiger partial charge in [-0.3, -0.25) is 9.59 Å². The normalized spacial score (nSPS) is 15.0. The van der Waals surface area contributed by atoms with E-state index in [1.165, 1.54) is 11.3 Å².